The van der Waals surface area contributed by atoms with Crippen molar-refractivity contribution in [2.24, 2.45) is 0 Å². The molecule has 2 aliphatic heterocycles. The van der Waals surface area contributed by atoms with Crippen LogP contribution < -0.4 is 10.6 Å². The van der Waals surface area contributed by atoms with E-state index in [-0.39, 0.29) is 17.6 Å². The second-order valence-electron chi connectivity index (χ2n) is 9.34. The van der Waals surface area contributed by atoms with Gasteiger partial charge in [-0.3, -0.25) is 9.59 Å². The van der Waals surface area contributed by atoms with Crippen LogP contribution in [-0.2, 0) is 9.59 Å². The number of hydrogen-bond donors (Lipinski definition) is 2. The number of fused-ring (bicyclic) bond motifs is 1. The summed E-state index contributed by atoms with van der Waals surface area (Å²) in [6.45, 7) is 14.5. The van der Waals surface area contributed by atoms with Crippen molar-refractivity contribution in [1.29, 1.82) is 0 Å². The number of allylic oxidation sites excluding steroid dienone is 4. The van der Waals surface area contributed by atoms with Gasteiger partial charge in [0.15, 0.2) is 0 Å². The lowest BCUT2D eigenvalue weighted by molar-refractivity contribution is -0.128. The van der Waals surface area contributed by atoms with E-state index in [9.17, 15) is 14.0 Å². The van der Waals surface area contributed by atoms with Crippen LogP contribution in [0.15, 0.2) is 53.4 Å². The Labute approximate surface area is 224 Å². The molecule has 0 atom stereocenters. The van der Waals surface area contributed by atoms with E-state index in [0.29, 0.717) is 52.7 Å². The Hall–Kier alpha value is -3.85. The van der Waals surface area contributed by atoms with Crippen molar-refractivity contribution in [3.63, 3.8) is 0 Å². The van der Waals surface area contributed by atoms with E-state index in [1.54, 1.807) is 25.1 Å². The van der Waals surface area contributed by atoms with Crippen LogP contribution >= 0.6 is 0 Å². The molecular formula is C29H37FN6O2. The number of hydrogen-bond acceptors (Lipinski definition) is 6. The Bertz CT molecular complexity index is 1310. The first-order valence-corrected chi connectivity index (χ1v) is 12.9. The molecule has 1 aromatic heterocycles. The molecule has 2 aromatic rings. The molecule has 0 spiro atoms. The average molecular weight is 521 g/mol. The van der Waals surface area contributed by atoms with Crippen LogP contribution in [0.4, 0.5) is 21.7 Å². The Kier molecular flexibility index (Phi) is 9.52. The number of rotatable bonds is 5. The molecule has 8 nitrogen and oxygen atoms in total. The smallest absolute Gasteiger partial charge is 0.257 e. The van der Waals surface area contributed by atoms with Gasteiger partial charge in [0.05, 0.1) is 11.1 Å². The van der Waals surface area contributed by atoms with Crippen molar-refractivity contribution >= 4 is 34.7 Å². The number of piperazine rings is 1. The summed E-state index contributed by atoms with van der Waals surface area (Å²) in [5.41, 5.74) is 4.45. The normalized spacial score (nSPS) is 17.4. The van der Waals surface area contributed by atoms with E-state index >= 15 is 0 Å². The summed E-state index contributed by atoms with van der Waals surface area (Å²) in [6, 6.07) is 4.67. The number of anilines is 3. The standard InChI is InChI=1S/C27H31FN6O2.C2H6/c1-16(12-17(2)19(4)27(36)34-10-8-33(5)9-11-34)13-21-23-24(29-15-30-25(23)32-26(21)35)31-20-6-7-22(28)18(3)14-20;1-2/h6-7,12-15H,8-11H2,1-5H3,(H2,29,30,31,32,35);1-2H3/b16-12+,19-17+,21-13-;. The van der Waals surface area contributed by atoms with Crippen LogP contribution in [0.25, 0.3) is 5.57 Å². The van der Waals surface area contributed by atoms with Gasteiger partial charge in [0.1, 0.15) is 23.8 Å². The lowest BCUT2D eigenvalue weighted by Gasteiger charge is -2.32. The Morgan fingerprint density at radius 3 is 2.45 bits per heavy atom. The van der Waals surface area contributed by atoms with Crippen molar-refractivity contribution in [2.45, 2.75) is 41.5 Å². The van der Waals surface area contributed by atoms with Crippen LogP contribution in [0.3, 0.4) is 0 Å². The molecule has 2 aliphatic rings. The molecule has 0 radical (unpaired) electrons. The first-order chi connectivity index (χ1) is 18.1. The maximum atomic E-state index is 13.7. The first kappa shape index (κ1) is 28.7. The number of benzene rings is 1. The third-order valence-corrected chi connectivity index (χ3v) is 6.53. The largest absolute Gasteiger partial charge is 0.340 e. The van der Waals surface area contributed by atoms with Gasteiger partial charge in [-0.2, -0.15) is 0 Å². The van der Waals surface area contributed by atoms with Gasteiger partial charge in [-0.15, -0.1) is 0 Å². The molecule has 3 heterocycles. The fourth-order valence-corrected chi connectivity index (χ4v) is 4.25. The number of aryl methyl sites for hydroxylation is 1. The number of carbonyl (C=O) groups excluding carboxylic acids is 2. The topological polar surface area (TPSA) is 90.5 Å². The fraction of sp³-hybridized carbons (Fsp3) is 0.379. The van der Waals surface area contributed by atoms with Gasteiger partial charge in [-0.1, -0.05) is 25.5 Å². The number of carbonyl (C=O) groups is 2. The van der Waals surface area contributed by atoms with E-state index in [1.165, 1.54) is 12.4 Å². The number of nitrogens with zero attached hydrogens (tertiary/aromatic N) is 4. The van der Waals surface area contributed by atoms with Crippen LogP contribution in [0.2, 0.25) is 0 Å². The van der Waals surface area contributed by atoms with Crippen molar-refractivity contribution in [2.75, 3.05) is 43.9 Å². The van der Waals surface area contributed by atoms with E-state index < -0.39 is 0 Å². The highest BCUT2D eigenvalue weighted by atomic mass is 19.1. The van der Waals surface area contributed by atoms with Gasteiger partial charge < -0.3 is 20.4 Å². The molecule has 1 fully saturated rings. The molecule has 202 valence electrons. The van der Waals surface area contributed by atoms with E-state index in [2.05, 4.69) is 32.5 Å². The third kappa shape index (κ3) is 6.52. The zero-order valence-corrected chi connectivity index (χ0v) is 23.3. The molecule has 0 aliphatic carbocycles. The van der Waals surface area contributed by atoms with Crippen LogP contribution in [-0.4, -0.2) is 64.8 Å². The molecule has 1 saturated heterocycles. The molecule has 9 heteroatoms. The second kappa shape index (κ2) is 12.6. The third-order valence-electron chi connectivity index (χ3n) is 6.53. The monoisotopic (exact) mass is 520 g/mol. The highest BCUT2D eigenvalue weighted by Crippen LogP contribution is 2.36. The van der Waals surface area contributed by atoms with Gasteiger partial charge >= 0.3 is 0 Å². The van der Waals surface area contributed by atoms with Crippen LogP contribution in [0.5, 0.6) is 0 Å². The number of likely N-dealkylation sites (N-methyl/N-ethyl adjacent to an activating group) is 1. The Morgan fingerprint density at radius 1 is 1.11 bits per heavy atom. The summed E-state index contributed by atoms with van der Waals surface area (Å²) in [4.78, 5) is 38.4. The van der Waals surface area contributed by atoms with Crippen molar-refractivity contribution < 1.29 is 14.0 Å². The summed E-state index contributed by atoms with van der Waals surface area (Å²) in [7, 11) is 2.05. The molecule has 2 N–H and O–H groups in total. The summed E-state index contributed by atoms with van der Waals surface area (Å²) in [5.74, 6) is 0.303. The predicted octanol–water partition coefficient (Wildman–Crippen LogP) is 5.09. The number of nitrogens with one attached hydrogen (secondary N) is 2. The van der Waals surface area contributed by atoms with Gasteiger partial charge in [-0.25, -0.2) is 14.4 Å². The van der Waals surface area contributed by atoms with Crippen LogP contribution in [0, 0.1) is 12.7 Å². The minimum Gasteiger partial charge on any atom is -0.340 e. The predicted molar refractivity (Wildman–Crippen MR) is 151 cm³/mol. The molecule has 0 saturated carbocycles. The minimum absolute atomic E-state index is 0.0377. The number of halogens is 1. The summed E-state index contributed by atoms with van der Waals surface area (Å²) < 4.78 is 13.7. The highest BCUT2D eigenvalue weighted by Gasteiger charge is 2.29. The molecule has 1 aromatic carbocycles. The van der Waals surface area contributed by atoms with E-state index in [0.717, 1.165) is 24.2 Å². The molecule has 38 heavy (non-hydrogen) atoms. The fourth-order valence-electron chi connectivity index (χ4n) is 4.25. The maximum absolute atomic E-state index is 13.7. The average Bonchev–Trinajstić information content (AvgIpc) is 3.22. The number of aromatic nitrogens is 2. The van der Waals surface area contributed by atoms with E-state index in [1.807, 2.05) is 45.6 Å². The lowest BCUT2D eigenvalue weighted by Crippen LogP contribution is -2.47. The number of amides is 2. The quantitative estimate of drug-likeness (QED) is 0.422. The summed E-state index contributed by atoms with van der Waals surface area (Å²) >= 11 is 0. The summed E-state index contributed by atoms with van der Waals surface area (Å²) in [6.07, 6.45) is 5.04. The Balaban J connectivity index is 0.00000195. The summed E-state index contributed by atoms with van der Waals surface area (Å²) in [5, 5.41) is 5.95. The SMILES string of the molecule is CC.CC(/C=C1\C(=O)Nc2ncnc(Nc3ccc(F)c(C)c3)c21)=C\C(C)=C(/C)C(=O)N1CCN(C)CC1. The minimum atomic E-state index is -0.295. The van der Waals surface area contributed by atoms with Crippen molar-refractivity contribution in [3.8, 4) is 0 Å². The molecule has 0 unspecified atom stereocenters. The van der Waals surface area contributed by atoms with E-state index in [4.69, 9.17) is 0 Å². The second-order valence-corrected chi connectivity index (χ2v) is 9.34. The lowest BCUT2D eigenvalue weighted by atomic mass is 10.0. The maximum Gasteiger partial charge on any atom is 0.257 e. The van der Waals surface area contributed by atoms with Crippen LogP contribution in [0.1, 0.15) is 45.7 Å². The van der Waals surface area contributed by atoms with Crippen molar-refractivity contribution in [3.05, 3.63) is 70.3 Å². The van der Waals surface area contributed by atoms with Gasteiger partial charge in [-0.05, 0) is 70.2 Å². The molecule has 4 rings (SSSR count). The Morgan fingerprint density at radius 2 is 1.79 bits per heavy atom. The van der Waals surface area contributed by atoms with Crippen molar-refractivity contribution in [1.82, 2.24) is 19.8 Å². The molecule has 0 bridgehead atoms. The van der Waals surface area contributed by atoms with Gasteiger partial charge in [0, 0.05) is 37.4 Å². The van der Waals surface area contributed by atoms with Gasteiger partial charge in [0.25, 0.3) is 5.91 Å². The zero-order valence-electron chi connectivity index (χ0n) is 23.3. The zero-order chi connectivity index (χ0) is 28.0. The van der Waals surface area contributed by atoms with Gasteiger partial charge in [0.2, 0.25) is 5.91 Å². The highest BCUT2D eigenvalue weighted by molar-refractivity contribution is 6.32. The first-order valence-electron chi connectivity index (χ1n) is 12.9. The molecule has 2 amide bonds. The molecular weight excluding hydrogens is 483 g/mol.